The number of nitrogens with two attached hydrogens (primary N) is 1. The molecule has 0 bridgehead atoms. The Bertz CT molecular complexity index is 145. The van der Waals surface area contributed by atoms with Gasteiger partial charge in [-0.15, -0.1) is 0 Å². The van der Waals surface area contributed by atoms with Crippen LogP contribution in [0.25, 0.3) is 0 Å². The lowest BCUT2D eigenvalue weighted by Gasteiger charge is -2.18. The Morgan fingerprint density at radius 2 is 2.45 bits per heavy atom. The van der Waals surface area contributed by atoms with Gasteiger partial charge >= 0.3 is 0 Å². The maximum Gasteiger partial charge on any atom is 0.0624 e. The van der Waals surface area contributed by atoms with E-state index in [2.05, 4.69) is 10.3 Å². The molecule has 0 radical (unpaired) electrons. The molecule has 1 rings (SSSR count). The number of hydrogen-bond donors (Lipinski definition) is 2. The summed E-state index contributed by atoms with van der Waals surface area (Å²) in [5.41, 5.74) is 5.16. The maximum absolute atomic E-state index is 5.16. The van der Waals surface area contributed by atoms with Crippen molar-refractivity contribution in [3.05, 3.63) is 12.3 Å². The number of nitrogens with zero attached hydrogens (tertiary/aromatic N) is 1. The van der Waals surface area contributed by atoms with Gasteiger partial charge in [0.2, 0.25) is 0 Å². The van der Waals surface area contributed by atoms with Crippen LogP contribution in [-0.4, -0.2) is 25.3 Å². The molecule has 0 aromatic carbocycles. The number of rotatable bonds is 2. The third-order valence-corrected chi connectivity index (χ3v) is 1.76. The van der Waals surface area contributed by atoms with Crippen LogP contribution in [0.1, 0.15) is 12.8 Å². The molecule has 1 atom stereocenters. The fraction of sp³-hybridized carbons (Fsp3) is 0.625. The zero-order chi connectivity index (χ0) is 7.94. The molecule has 1 unspecified atom stereocenters. The smallest absolute Gasteiger partial charge is 0.0624 e. The zero-order valence-electron chi connectivity index (χ0n) is 6.66. The average molecular weight is 153 g/mol. The van der Waals surface area contributed by atoms with Gasteiger partial charge < -0.3 is 11.1 Å². The highest BCUT2D eigenvalue weighted by atomic mass is 14.9. The van der Waals surface area contributed by atoms with Gasteiger partial charge in [-0.1, -0.05) is 0 Å². The Hall–Kier alpha value is -0.830. The van der Waals surface area contributed by atoms with Crippen molar-refractivity contribution in [3.8, 4) is 0 Å². The van der Waals surface area contributed by atoms with Gasteiger partial charge in [0.15, 0.2) is 0 Å². The zero-order valence-corrected chi connectivity index (χ0v) is 6.66. The Balaban J connectivity index is 2.23. The van der Waals surface area contributed by atoms with Crippen molar-refractivity contribution in [2.24, 2.45) is 10.7 Å². The first-order chi connectivity index (χ1) is 5.43. The summed E-state index contributed by atoms with van der Waals surface area (Å²) in [5.74, 6) is 0. The van der Waals surface area contributed by atoms with Crippen molar-refractivity contribution in [2.45, 2.75) is 18.9 Å². The predicted octanol–water partition coefficient (Wildman–Crippen LogP) is 0.282. The molecule has 0 aromatic heterocycles. The Morgan fingerprint density at radius 3 is 3.09 bits per heavy atom. The first-order valence-corrected chi connectivity index (χ1v) is 4.04. The first-order valence-electron chi connectivity index (χ1n) is 4.04. The fourth-order valence-corrected chi connectivity index (χ4v) is 1.18. The summed E-state index contributed by atoms with van der Waals surface area (Å²) in [5, 5.41) is 3.29. The lowest BCUT2D eigenvalue weighted by Crippen LogP contribution is -2.32. The summed E-state index contributed by atoms with van der Waals surface area (Å²) in [6, 6.07) is 0.458. The van der Waals surface area contributed by atoms with Gasteiger partial charge in [-0.05, 0) is 31.7 Å². The monoisotopic (exact) mass is 153 g/mol. The normalized spacial score (nSPS) is 26.7. The van der Waals surface area contributed by atoms with Gasteiger partial charge in [0, 0.05) is 12.8 Å². The van der Waals surface area contributed by atoms with E-state index in [4.69, 9.17) is 5.73 Å². The van der Waals surface area contributed by atoms with Crippen molar-refractivity contribution in [1.29, 1.82) is 0 Å². The first kappa shape index (κ1) is 8.27. The van der Waals surface area contributed by atoms with E-state index >= 15 is 0 Å². The SMILES string of the molecule is N/C=C\C=NC1CCCNC1. The lowest BCUT2D eigenvalue weighted by atomic mass is 10.1. The molecule has 1 aliphatic rings. The Kier molecular flexibility index (Phi) is 3.69. The summed E-state index contributed by atoms with van der Waals surface area (Å²) < 4.78 is 0. The number of nitrogens with one attached hydrogen (secondary N) is 1. The van der Waals surface area contributed by atoms with Crippen LogP contribution in [0.15, 0.2) is 17.3 Å². The third kappa shape index (κ3) is 3.18. The molecule has 11 heavy (non-hydrogen) atoms. The fourth-order valence-electron chi connectivity index (χ4n) is 1.18. The molecular formula is C8H15N3. The second kappa shape index (κ2) is 4.91. The van der Waals surface area contributed by atoms with Gasteiger partial charge in [-0.2, -0.15) is 0 Å². The Labute approximate surface area is 67.4 Å². The minimum Gasteiger partial charge on any atom is -0.405 e. The van der Waals surface area contributed by atoms with E-state index in [1.54, 1.807) is 12.3 Å². The van der Waals surface area contributed by atoms with E-state index in [0.717, 1.165) is 13.1 Å². The van der Waals surface area contributed by atoms with E-state index in [-0.39, 0.29) is 0 Å². The van der Waals surface area contributed by atoms with Crippen molar-refractivity contribution in [1.82, 2.24) is 5.32 Å². The third-order valence-electron chi connectivity index (χ3n) is 1.76. The van der Waals surface area contributed by atoms with Crippen LogP contribution in [-0.2, 0) is 0 Å². The van der Waals surface area contributed by atoms with Crippen molar-refractivity contribution in [3.63, 3.8) is 0 Å². The van der Waals surface area contributed by atoms with Crippen molar-refractivity contribution >= 4 is 6.21 Å². The summed E-state index contributed by atoms with van der Waals surface area (Å²) in [6.45, 7) is 2.15. The standard InChI is InChI=1S/C8H15N3/c9-4-2-6-11-8-3-1-5-10-7-8/h2,4,6,8,10H,1,3,5,7,9H2/b4-2-,11-6?. The highest BCUT2D eigenvalue weighted by molar-refractivity contribution is 5.70. The number of aliphatic imine (C=N–C) groups is 1. The summed E-state index contributed by atoms with van der Waals surface area (Å²) >= 11 is 0. The van der Waals surface area contributed by atoms with Crippen LogP contribution >= 0.6 is 0 Å². The van der Waals surface area contributed by atoms with Crippen LogP contribution in [0.2, 0.25) is 0 Å². The second-order valence-corrected chi connectivity index (χ2v) is 2.68. The molecule has 0 aliphatic carbocycles. The summed E-state index contributed by atoms with van der Waals surface area (Å²) in [6.07, 6.45) is 7.46. The number of allylic oxidation sites excluding steroid dienone is 1. The summed E-state index contributed by atoms with van der Waals surface area (Å²) in [7, 11) is 0. The quantitative estimate of drug-likeness (QED) is 0.560. The number of piperidine rings is 1. The molecule has 62 valence electrons. The Morgan fingerprint density at radius 1 is 1.55 bits per heavy atom. The summed E-state index contributed by atoms with van der Waals surface area (Å²) in [4.78, 5) is 4.32. The molecule has 0 amide bonds. The van der Waals surface area contributed by atoms with Gasteiger partial charge in [0.1, 0.15) is 0 Å². The van der Waals surface area contributed by atoms with E-state index < -0.39 is 0 Å². The van der Waals surface area contributed by atoms with E-state index in [1.165, 1.54) is 19.0 Å². The van der Waals surface area contributed by atoms with Crippen LogP contribution in [0.3, 0.4) is 0 Å². The molecular weight excluding hydrogens is 138 g/mol. The highest BCUT2D eigenvalue weighted by Crippen LogP contribution is 2.04. The van der Waals surface area contributed by atoms with Crippen LogP contribution in [0, 0.1) is 0 Å². The average Bonchev–Trinajstić information content (AvgIpc) is 2.07. The number of hydrogen-bond acceptors (Lipinski definition) is 3. The molecule has 3 heteroatoms. The van der Waals surface area contributed by atoms with Crippen LogP contribution in [0.5, 0.6) is 0 Å². The molecule has 1 aliphatic heterocycles. The topological polar surface area (TPSA) is 50.4 Å². The van der Waals surface area contributed by atoms with Gasteiger partial charge in [-0.25, -0.2) is 0 Å². The van der Waals surface area contributed by atoms with Gasteiger partial charge in [0.25, 0.3) is 0 Å². The molecule has 1 saturated heterocycles. The van der Waals surface area contributed by atoms with E-state index in [9.17, 15) is 0 Å². The van der Waals surface area contributed by atoms with Crippen molar-refractivity contribution in [2.75, 3.05) is 13.1 Å². The van der Waals surface area contributed by atoms with Gasteiger partial charge in [0.05, 0.1) is 6.04 Å². The molecule has 1 fully saturated rings. The maximum atomic E-state index is 5.16. The predicted molar refractivity (Wildman–Crippen MR) is 47.7 cm³/mol. The molecule has 1 heterocycles. The van der Waals surface area contributed by atoms with E-state index in [0.29, 0.717) is 6.04 Å². The van der Waals surface area contributed by atoms with Gasteiger partial charge in [-0.3, -0.25) is 4.99 Å². The minimum absolute atomic E-state index is 0.458. The highest BCUT2D eigenvalue weighted by Gasteiger charge is 2.09. The minimum atomic E-state index is 0.458. The van der Waals surface area contributed by atoms with Crippen LogP contribution in [0.4, 0.5) is 0 Å². The van der Waals surface area contributed by atoms with Crippen molar-refractivity contribution < 1.29 is 0 Å². The van der Waals surface area contributed by atoms with E-state index in [1.807, 2.05) is 0 Å². The van der Waals surface area contributed by atoms with Crippen LogP contribution < -0.4 is 11.1 Å². The molecule has 3 nitrogen and oxygen atoms in total. The molecule has 0 spiro atoms. The second-order valence-electron chi connectivity index (χ2n) is 2.68. The lowest BCUT2D eigenvalue weighted by molar-refractivity contribution is 0.462. The largest absolute Gasteiger partial charge is 0.405 e. The molecule has 0 aromatic rings. The molecule has 0 saturated carbocycles. The molecule has 3 N–H and O–H groups in total.